The molecule has 1 saturated heterocycles. The topological polar surface area (TPSA) is 76.5 Å². The number of nitrogens with zero attached hydrogens (tertiary/aromatic N) is 5. The van der Waals surface area contributed by atoms with Crippen molar-refractivity contribution >= 4 is 11.6 Å². The molecular formula is C19H20F3N5O2. The largest absolute Gasteiger partial charge is 0.417 e. The number of alkyl halides is 3. The molecule has 154 valence electrons. The summed E-state index contributed by atoms with van der Waals surface area (Å²) in [5.74, 6) is 0.818. The number of fused-ring (bicyclic) bond motifs is 1. The number of piperidine rings is 1. The maximum Gasteiger partial charge on any atom is 0.417 e. The molecule has 0 aromatic carbocycles. The normalized spacial score (nSPS) is 17.8. The summed E-state index contributed by atoms with van der Waals surface area (Å²) >= 11 is 0. The number of aryl methyl sites for hydroxylation is 2. The number of carbonyl (C=O) groups is 1. The highest BCUT2D eigenvalue weighted by atomic mass is 19.4. The first-order chi connectivity index (χ1) is 13.7. The Morgan fingerprint density at radius 3 is 2.76 bits per heavy atom. The fraction of sp³-hybridized carbons (Fsp3) is 0.474. The molecule has 1 unspecified atom stereocenters. The van der Waals surface area contributed by atoms with Gasteiger partial charge in [0, 0.05) is 30.8 Å². The molecule has 29 heavy (non-hydrogen) atoms. The molecule has 1 aliphatic rings. The lowest BCUT2D eigenvalue weighted by molar-refractivity contribution is -0.137. The van der Waals surface area contributed by atoms with Crippen LogP contribution in [0.3, 0.4) is 0 Å². The van der Waals surface area contributed by atoms with E-state index >= 15 is 0 Å². The third-order valence-electron chi connectivity index (χ3n) is 5.40. The average molecular weight is 407 g/mol. The van der Waals surface area contributed by atoms with Crippen LogP contribution in [0.1, 0.15) is 47.2 Å². The summed E-state index contributed by atoms with van der Waals surface area (Å²) < 4.78 is 45.8. The molecule has 1 amide bonds. The van der Waals surface area contributed by atoms with Crippen LogP contribution in [0.2, 0.25) is 0 Å². The van der Waals surface area contributed by atoms with Crippen molar-refractivity contribution in [1.29, 1.82) is 0 Å². The minimum atomic E-state index is -4.45. The zero-order valence-electron chi connectivity index (χ0n) is 16.0. The molecule has 4 rings (SSSR count). The van der Waals surface area contributed by atoms with Crippen LogP contribution in [-0.2, 0) is 17.4 Å². The molecule has 7 nitrogen and oxygen atoms in total. The van der Waals surface area contributed by atoms with Gasteiger partial charge in [0.1, 0.15) is 11.6 Å². The van der Waals surface area contributed by atoms with Crippen molar-refractivity contribution in [3.05, 3.63) is 46.7 Å². The highest BCUT2D eigenvalue weighted by Gasteiger charge is 2.33. The van der Waals surface area contributed by atoms with E-state index in [0.29, 0.717) is 36.0 Å². The molecule has 0 spiro atoms. The van der Waals surface area contributed by atoms with E-state index in [1.807, 2.05) is 0 Å². The lowest BCUT2D eigenvalue weighted by Gasteiger charge is -2.32. The monoisotopic (exact) mass is 407 g/mol. The highest BCUT2D eigenvalue weighted by molar-refractivity contribution is 5.79. The second kappa shape index (κ2) is 7.16. The second-order valence-electron chi connectivity index (χ2n) is 7.36. The molecule has 4 heterocycles. The van der Waals surface area contributed by atoms with Gasteiger partial charge in [0.2, 0.25) is 5.91 Å². The van der Waals surface area contributed by atoms with E-state index in [-0.39, 0.29) is 18.2 Å². The van der Waals surface area contributed by atoms with Crippen LogP contribution >= 0.6 is 0 Å². The molecule has 3 aromatic heterocycles. The summed E-state index contributed by atoms with van der Waals surface area (Å²) in [6.07, 6.45) is -1.77. The third kappa shape index (κ3) is 3.70. The number of pyridine rings is 1. The number of aromatic nitrogens is 4. The summed E-state index contributed by atoms with van der Waals surface area (Å²) in [7, 11) is 0. The average Bonchev–Trinajstić information content (AvgIpc) is 3.25. The van der Waals surface area contributed by atoms with Crippen molar-refractivity contribution in [2.75, 3.05) is 13.1 Å². The zero-order chi connectivity index (χ0) is 20.8. The van der Waals surface area contributed by atoms with Crippen molar-refractivity contribution < 1.29 is 22.5 Å². The van der Waals surface area contributed by atoms with Gasteiger partial charge in [-0.3, -0.25) is 9.20 Å². The first-order valence-corrected chi connectivity index (χ1v) is 9.35. The summed E-state index contributed by atoms with van der Waals surface area (Å²) in [4.78, 5) is 14.5. The van der Waals surface area contributed by atoms with Gasteiger partial charge < -0.3 is 9.42 Å². The van der Waals surface area contributed by atoms with Gasteiger partial charge in [-0.15, -0.1) is 10.2 Å². The van der Waals surface area contributed by atoms with E-state index in [2.05, 4.69) is 15.4 Å². The minimum absolute atomic E-state index is 0.0612. The molecular weight excluding hydrogens is 387 g/mol. The highest BCUT2D eigenvalue weighted by Crippen LogP contribution is 2.31. The molecule has 0 saturated carbocycles. The van der Waals surface area contributed by atoms with Crippen LogP contribution in [0.5, 0.6) is 0 Å². The second-order valence-corrected chi connectivity index (χ2v) is 7.36. The van der Waals surface area contributed by atoms with Crippen molar-refractivity contribution in [2.45, 2.75) is 45.2 Å². The first kappa shape index (κ1) is 19.4. The van der Waals surface area contributed by atoms with Gasteiger partial charge in [-0.2, -0.15) is 13.2 Å². The van der Waals surface area contributed by atoms with Crippen LogP contribution in [0.25, 0.3) is 5.65 Å². The molecule has 0 aliphatic carbocycles. The quantitative estimate of drug-likeness (QED) is 0.666. The smallest absolute Gasteiger partial charge is 0.361 e. The first-order valence-electron chi connectivity index (χ1n) is 9.35. The molecule has 3 aromatic rings. The summed E-state index contributed by atoms with van der Waals surface area (Å²) in [5, 5.41) is 12.0. The van der Waals surface area contributed by atoms with Crippen LogP contribution in [-0.4, -0.2) is 43.7 Å². The predicted molar refractivity (Wildman–Crippen MR) is 96.2 cm³/mol. The van der Waals surface area contributed by atoms with Crippen molar-refractivity contribution in [2.24, 2.45) is 0 Å². The van der Waals surface area contributed by atoms with E-state index in [4.69, 9.17) is 4.52 Å². The summed E-state index contributed by atoms with van der Waals surface area (Å²) in [6, 6.07) is 2.30. The van der Waals surface area contributed by atoms with E-state index in [9.17, 15) is 18.0 Å². The van der Waals surface area contributed by atoms with Gasteiger partial charge in [-0.25, -0.2) is 0 Å². The molecule has 10 heteroatoms. The Morgan fingerprint density at radius 2 is 2.07 bits per heavy atom. The minimum Gasteiger partial charge on any atom is -0.361 e. The number of hydrogen-bond acceptors (Lipinski definition) is 5. The Balaban J connectivity index is 1.56. The molecule has 0 N–H and O–H groups in total. The fourth-order valence-corrected chi connectivity index (χ4v) is 3.79. The van der Waals surface area contributed by atoms with Crippen molar-refractivity contribution in [1.82, 2.24) is 24.7 Å². The molecule has 1 aliphatic heterocycles. The Labute approximate surface area is 164 Å². The Bertz CT molecular complexity index is 1040. The van der Waals surface area contributed by atoms with Gasteiger partial charge >= 0.3 is 6.18 Å². The van der Waals surface area contributed by atoms with Crippen LogP contribution < -0.4 is 0 Å². The van der Waals surface area contributed by atoms with E-state index < -0.39 is 11.7 Å². The Hall–Kier alpha value is -2.91. The fourth-order valence-electron chi connectivity index (χ4n) is 3.79. The van der Waals surface area contributed by atoms with Crippen LogP contribution in [0.4, 0.5) is 13.2 Å². The number of carbonyl (C=O) groups excluding carboxylic acids is 1. The standard InChI is InChI=1S/C19H20F3N5O2/c1-11-15(12(2)29-25-11)8-17(28)26-7-3-4-13(9-26)18-24-23-16-6-5-14(10-27(16)18)19(20,21)22/h5-6,10,13H,3-4,7-9H2,1-2H3. The molecule has 1 atom stereocenters. The van der Waals surface area contributed by atoms with Crippen LogP contribution in [0.15, 0.2) is 22.9 Å². The van der Waals surface area contributed by atoms with Gasteiger partial charge in [0.15, 0.2) is 5.65 Å². The maximum absolute atomic E-state index is 13.1. The van der Waals surface area contributed by atoms with E-state index in [1.54, 1.807) is 18.7 Å². The van der Waals surface area contributed by atoms with E-state index in [1.165, 1.54) is 10.5 Å². The molecule has 1 fully saturated rings. The number of rotatable bonds is 3. The molecule has 0 radical (unpaired) electrons. The maximum atomic E-state index is 13.1. The Kier molecular flexibility index (Phi) is 4.79. The SMILES string of the molecule is Cc1noc(C)c1CC(=O)N1CCCC(c2nnc3ccc(C(F)(F)F)cn23)C1. The zero-order valence-corrected chi connectivity index (χ0v) is 16.0. The lowest BCUT2D eigenvalue weighted by Crippen LogP contribution is -2.40. The summed E-state index contributed by atoms with van der Waals surface area (Å²) in [6.45, 7) is 4.55. The third-order valence-corrected chi connectivity index (χ3v) is 5.40. The predicted octanol–water partition coefficient (Wildman–Crippen LogP) is 3.30. The number of hydrogen-bond donors (Lipinski definition) is 0. The number of amides is 1. The van der Waals surface area contributed by atoms with Crippen molar-refractivity contribution in [3.8, 4) is 0 Å². The lowest BCUT2D eigenvalue weighted by atomic mass is 9.96. The van der Waals surface area contributed by atoms with E-state index in [0.717, 1.165) is 30.7 Å². The number of halogens is 3. The van der Waals surface area contributed by atoms with Gasteiger partial charge in [0.25, 0.3) is 0 Å². The van der Waals surface area contributed by atoms with Gasteiger partial charge in [-0.1, -0.05) is 5.16 Å². The summed E-state index contributed by atoms with van der Waals surface area (Å²) in [5.41, 5.74) is 1.06. The molecule has 0 bridgehead atoms. The van der Waals surface area contributed by atoms with Gasteiger partial charge in [0.05, 0.1) is 17.7 Å². The Morgan fingerprint density at radius 1 is 1.28 bits per heavy atom. The van der Waals surface area contributed by atoms with Crippen molar-refractivity contribution in [3.63, 3.8) is 0 Å². The van der Waals surface area contributed by atoms with Gasteiger partial charge in [-0.05, 0) is 38.8 Å². The van der Waals surface area contributed by atoms with Crippen LogP contribution in [0, 0.1) is 13.8 Å². The number of likely N-dealkylation sites (tertiary alicyclic amines) is 1.